The second kappa shape index (κ2) is 42.1. The van der Waals surface area contributed by atoms with E-state index >= 15 is 0 Å². The predicted octanol–water partition coefficient (Wildman–Crippen LogP) is 14.5. The fourth-order valence-electron chi connectivity index (χ4n) is 14.5. The quantitative estimate of drug-likeness (QED) is 0.0191. The Morgan fingerprint density at radius 3 is 0.939 bits per heavy atom. The minimum atomic E-state index is -1.09. The molecule has 23 heteroatoms. The Kier molecular flexibility index (Phi) is 32.4. The average molecular weight is 1580 g/mol. The number of aliphatic carboxylic acids is 1. The van der Waals surface area contributed by atoms with Crippen LogP contribution in [0.15, 0.2) is 195 Å². The van der Waals surface area contributed by atoms with Crippen LogP contribution in [0.2, 0.25) is 0 Å². The number of carboxylic acids is 2. The molecule has 0 unspecified atom stereocenters. The molecule has 0 spiro atoms. The van der Waals surface area contributed by atoms with Gasteiger partial charge in [-0.15, -0.1) is 12.4 Å². The predicted molar refractivity (Wildman–Crippen MR) is 464 cm³/mol. The summed E-state index contributed by atoms with van der Waals surface area (Å²) in [5.41, 5.74) is 19.0. The zero-order valence-electron chi connectivity index (χ0n) is 68.5. The van der Waals surface area contributed by atoms with Gasteiger partial charge < -0.3 is 64.0 Å². The number of nitrogens with zero attached hydrogens (tertiary/aromatic N) is 6. The number of rotatable bonds is 26. The van der Waals surface area contributed by atoms with Crippen LogP contribution in [0.3, 0.4) is 0 Å². The molecule has 0 fully saturated rings. The first-order valence-corrected chi connectivity index (χ1v) is 39.3. The Hall–Kier alpha value is -12.1. The van der Waals surface area contributed by atoms with E-state index in [2.05, 4.69) is 224 Å². The standard InChI is InChI=1S/C31H35N3O4.C30H33N3O4.C28H30N2O3.C3H7NO2.ClH/c1-6-33(7-2)21-14-16-25-27(18-21)38-28-19-22(34(8-3)9-4)15-17-26(28)30(25)23-12-10-11-13-24(23)31(36)32-20-29(35)37-5;1-5-32(6-2)20-13-15-24-26(17-20)37-27-18-21(33(7-3)8-4)14-16-25(27)29(24)22-11-9-10-12-23(22)30(36)31-19-28(34)35;1-5-29(6-2)19-13-15-23-25(17-19)33-26-18-20(30(7-3)8-4)14-16-24(26)27(23)21-11-9-10-12-22(21)28(31)32;1-6-3(5)2-4;/h10-19H,6-9,20H2,1-5H3;9-18H,5-8,19H2,1-4H3,(H-,31,34,35,36);9-18H,5-8H2,1-4H3;2,4H2,1H3;1H/p+3. The summed E-state index contributed by atoms with van der Waals surface area (Å²) in [6.07, 6.45) is 0. The van der Waals surface area contributed by atoms with Gasteiger partial charge in [0.15, 0.2) is 0 Å². The number of carboxylic acid groups (broad SMARTS) is 2. The normalized spacial score (nSPS) is 10.8. The Bertz CT molecular complexity index is 5530. The summed E-state index contributed by atoms with van der Waals surface area (Å²) < 4.78 is 35.2. The van der Waals surface area contributed by atoms with Crippen LogP contribution in [0, 0.1) is 0 Å². The summed E-state index contributed by atoms with van der Waals surface area (Å²) in [6.45, 7) is 35.5. The molecule has 6 aliphatic rings. The number of ether oxygens (including phenoxy) is 2. The van der Waals surface area contributed by atoms with Gasteiger partial charge in [-0.05, 0) is 173 Å². The third-order valence-corrected chi connectivity index (χ3v) is 20.6. The maximum absolute atomic E-state index is 13.2. The molecule has 12 rings (SSSR count). The number of hydrogen-bond donors (Lipinski definition) is 5. The fourth-order valence-corrected chi connectivity index (χ4v) is 14.5. The highest BCUT2D eigenvalue weighted by Crippen LogP contribution is 2.46. The lowest BCUT2D eigenvalue weighted by atomic mass is 9.90. The zero-order valence-corrected chi connectivity index (χ0v) is 69.3. The van der Waals surface area contributed by atoms with Gasteiger partial charge in [0.2, 0.25) is 16.1 Å². The molecule has 604 valence electrons. The molecule has 3 aliphatic heterocycles. The van der Waals surface area contributed by atoms with Gasteiger partial charge in [0.05, 0.1) is 44.5 Å². The molecule has 6 aromatic rings. The largest absolute Gasteiger partial charge is 0.480 e. The van der Waals surface area contributed by atoms with Crippen molar-refractivity contribution in [2.24, 2.45) is 5.73 Å². The first-order chi connectivity index (χ1) is 55.2. The SMILES string of the molecule is CCN(CC)c1ccc2c(-c3ccccc3C(=O)NCC(=O)O)c3ccc(=[N+](CC)CC)cc-3oc2c1.CCN(CC)c1ccc2c(-c3ccccc3C(=O)NCC(=O)OC)c3ccc(=[N+](CC)CC)cc-3oc2c1.CCN(CC)c1ccc2c(-c3ccccc3C(=O)O)c3ccc(=[N+](CC)CC)cc-3oc2c1.COC(=O)CN.Cl. The molecule has 0 saturated heterocycles. The number of fused-ring (bicyclic) bond motifs is 6. The molecule has 0 saturated carbocycles. The maximum atomic E-state index is 13.2. The van der Waals surface area contributed by atoms with Crippen molar-refractivity contribution in [3.8, 4) is 67.4 Å². The van der Waals surface area contributed by atoms with E-state index in [-0.39, 0.29) is 42.9 Å². The lowest BCUT2D eigenvalue weighted by Crippen LogP contribution is -2.30. The summed E-state index contributed by atoms with van der Waals surface area (Å²) in [6, 6.07) is 59.3. The number of nitrogens with two attached hydrogens (primary N) is 1. The van der Waals surface area contributed by atoms with Gasteiger partial charge in [0.1, 0.15) is 86.4 Å². The van der Waals surface area contributed by atoms with Crippen LogP contribution >= 0.6 is 12.4 Å². The van der Waals surface area contributed by atoms with Crippen molar-refractivity contribution in [1.82, 2.24) is 24.4 Å². The van der Waals surface area contributed by atoms with Crippen LogP contribution in [-0.4, -0.2) is 158 Å². The number of methoxy groups -OCH3 is 2. The molecular formula is C92H109ClN9O13+3. The number of carbonyl (C=O) groups is 6. The van der Waals surface area contributed by atoms with E-state index in [1.54, 1.807) is 30.3 Å². The van der Waals surface area contributed by atoms with Crippen LogP contribution in [-0.2, 0) is 23.9 Å². The van der Waals surface area contributed by atoms with Gasteiger partial charge in [-0.3, -0.25) is 24.0 Å². The molecule has 6 aromatic carbocycles. The number of halogens is 1. The topological polar surface area (TPSA) is 270 Å². The molecule has 3 heterocycles. The molecular weight excluding hydrogens is 1470 g/mol. The van der Waals surface area contributed by atoms with E-state index in [0.717, 1.165) is 206 Å². The van der Waals surface area contributed by atoms with Gasteiger partial charge >= 0.3 is 23.9 Å². The Balaban J connectivity index is 0.000000207. The highest BCUT2D eigenvalue weighted by Gasteiger charge is 2.28. The number of nitrogens with one attached hydrogen (secondary N) is 2. The van der Waals surface area contributed by atoms with Crippen LogP contribution < -0.4 is 60.9 Å². The van der Waals surface area contributed by atoms with E-state index in [4.69, 9.17) is 28.8 Å². The molecule has 115 heavy (non-hydrogen) atoms. The summed E-state index contributed by atoms with van der Waals surface area (Å²) in [5.74, 6) is -1.46. The lowest BCUT2D eigenvalue weighted by molar-refractivity contribution is -0.140. The molecule has 0 bridgehead atoms. The number of benzene rings is 9. The van der Waals surface area contributed by atoms with Crippen molar-refractivity contribution in [1.29, 1.82) is 0 Å². The smallest absolute Gasteiger partial charge is 0.336 e. The summed E-state index contributed by atoms with van der Waals surface area (Å²) in [4.78, 5) is 77.7. The lowest BCUT2D eigenvalue weighted by Gasteiger charge is -2.22. The molecule has 6 N–H and O–H groups in total. The van der Waals surface area contributed by atoms with Crippen LogP contribution in [0.5, 0.6) is 0 Å². The van der Waals surface area contributed by atoms with Crippen LogP contribution in [0.4, 0.5) is 17.1 Å². The van der Waals surface area contributed by atoms with E-state index < -0.39 is 30.4 Å². The average Bonchev–Trinajstić information content (AvgIpc) is 0.757. The fraction of sp³-hybridized carbons (Fsp3) is 0.315. The van der Waals surface area contributed by atoms with Gasteiger partial charge in [-0.25, -0.2) is 18.5 Å². The summed E-state index contributed by atoms with van der Waals surface area (Å²) in [7, 11) is 2.60. The third-order valence-electron chi connectivity index (χ3n) is 20.6. The maximum Gasteiger partial charge on any atom is 0.336 e. The van der Waals surface area contributed by atoms with Crippen LogP contribution in [0.1, 0.15) is 114 Å². The number of carbonyl (C=O) groups excluding carboxylic acids is 4. The van der Waals surface area contributed by atoms with Crippen molar-refractivity contribution in [2.75, 3.05) is 127 Å². The third kappa shape index (κ3) is 20.5. The molecule has 22 nitrogen and oxygen atoms in total. The summed E-state index contributed by atoms with van der Waals surface area (Å²) in [5, 5.41) is 30.1. The second-order valence-electron chi connectivity index (χ2n) is 26.6. The number of aromatic carboxylic acids is 1. The number of anilines is 3. The minimum Gasteiger partial charge on any atom is -0.480 e. The zero-order chi connectivity index (χ0) is 82.3. The number of hydrogen-bond acceptors (Lipinski definition) is 15. The first-order valence-electron chi connectivity index (χ1n) is 39.3. The number of esters is 2. The van der Waals surface area contributed by atoms with Gasteiger partial charge in [-0.1, -0.05) is 54.6 Å². The Morgan fingerprint density at radius 2 is 0.670 bits per heavy atom. The highest BCUT2D eigenvalue weighted by molar-refractivity contribution is 6.12. The van der Waals surface area contributed by atoms with Crippen molar-refractivity contribution >= 4 is 98.1 Å². The molecule has 0 atom stereocenters. The van der Waals surface area contributed by atoms with Crippen molar-refractivity contribution < 1.29 is 61.7 Å². The van der Waals surface area contributed by atoms with Crippen molar-refractivity contribution in [2.45, 2.75) is 83.1 Å². The van der Waals surface area contributed by atoms with E-state index in [1.165, 1.54) is 14.2 Å². The monoisotopic (exact) mass is 1580 g/mol. The van der Waals surface area contributed by atoms with E-state index in [0.29, 0.717) is 16.7 Å². The molecule has 3 aliphatic carbocycles. The van der Waals surface area contributed by atoms with Gasteiger partial charge in [-0.2, -0.15) is 0 Å². The molecule has 0 radical (unpaired) electrons. The summed E-state index contributed by atoms with van der Waals surface area (Å²) >= 11 is 0. The van der Waals surface area contributed by atoms with E-state index in [9.17, 15) is 33.9 Å². The Labute approximate surface area is 678 Å². The van der Waals surface area contributed by atoms with Gasteiger partial charge in [0.25, 0.3) is 11.8 Å². The minimum absolute atomic E-state index is 0. The first kappa shape index (κ1) is 88.4. The molecule has 2 amide bonds. The van der Waals surface area contributed by atoms with E-state index in [1.807, 2.05) is 54.6 Å². The van der Waals surface area contributed by atoms with Gasteiger partial charge in [0, 0.05) is 153 Å². The van der Waals surface area contributed by atoms with Crippen LogP contribution in [0.25, 0.3) is 100 Å². The number of amides is 2. The molecule has 0 aromatic heterocycles. The Morgan fingerprint density at radius 1 is 0.374 bits per heavy atom. The second-order valence-corrected chi connectivity index (χ2v) is 26.6. The van der Waals surface area contributed by atoms with Crippen molar-refractivity contribution in [3.63, 3.8) is 0 Å². The van der Waals surface area contributed by atoms with Crippen molar-refractivity contribution in [3.05, 3.63) is 215 Å². The highest BCUT2D eigenvalue weighted by atomic mass is 35.5.